The van der Waals surface area contributed by atoms with Gasteiger partial charge >= 0.3 is 0 Å². The number of benzene rings is 1. The highest BCUT2D eigenvalue weighted by atomic mass is 16.2. The average Bonchev–Trinajstić information content (AvgIpc) is 2.88. The number of carbonyl (C=O) groups excluding carboxylic acids is 2. The fourth-order valence-corrected chi connectivity index (χ4v) is 4.32. The maximum absolute atomic E-state index is 13.6. The first-order valence-corrected chi connectivity index (χ1v) is 11.6. The van der Waals surface area contributed by atoms with E-state index in [4.69, 9.17) is 0 Å². The van der Waals surface area contributed by atoms with Crippen LogP contribution in [0.4, 0.5) is 5.69 Å². The molecule has 8 heteroatoms. The maximum Gasteiger partial charge on any atom is 0.257 e. The highest BCUT2D eigenvalue weighted by molar-refractivity contribution is 5.95. The van der Waals surface area contributed by atoms with Crippen molar-refractivity contribution in [2.45, 2.75) is 33.4 Å². The zero-order valence-corrected chi connectivity index (χ0v) is 19.7. The number of fused-ring (bicyclic) bond motifs is 1. The molecule has 0 N–H and O–H groups in total. The molecule has 1 aliphatic rings. The molecule has 176 valence electrons. The van der Waals surface area contributed by atoms with Gasteiger partial charge in [-0.25, -0.2) is 9.97 Å². The molecule has 0 radical (unpaired) electrons. The number of amides is 2. The molecule has 3 aromatic rings. The van der Waals surface area contributed by atoms with Crippen LogP contribution < -0.4 is 4.90 Å². The zero-order chi connectivity index (χ0) is 23.9. The van der Waals surface area contributed by atoms with E-state index in [0.717, 1.165) is 36.3 Å². The predicted molar refractivity (Wildman–Crippen MR) is 130 cm³/mol. The number of aryl methyl sites for hydroxylation is 1. The molecule has 0 aliphatic carbocycles. The summed E-state index contributed by atoms with van der Waals surface area (Å²) in [6, 6.07) is 11.8. The van der Waals surface area contributed by atoms with E-state index in [-0.39, 0.29) is 11.8 Å². The van der Waals surface area contributed by atoms with Crippen LogP contribution >= 0.6 is 0 Å². The summed E-state index contributed by atoms with van der Waals surface area (Å²) in [5.74, 6) is -0.112. The number of aromatic nitrogens is 3. The number of rotatable bonds is 3. The van der Waals surface area contributed by atoms with Gasteiger partial charge in [-0.2, -0.15) is 0 Å². The monoisotopic (exact) mass is 458 g/mol. The van der Waals surface area contributed by atoms with Crippen molar-refractivity contribution in [3.05, 3.63) is 83.7 Å². The molecular formula is C26H30N6O2. The molecule has 8 nitrogen and oxygen atoms in total. The standard InChI is InChI=1S/C26H30N6O2/c1-20-24(16-28-19-29-20)26(34)31-14-13-30(17-22-7-5-10-27-15-22)11-6-12-32(21(2)33)25-9-4-3-8-23(25)18-31/h3-5,7-10,15-16,19H,6,11-14,17-18H2,1-2H3. The molecule has 4 rings (SSSR count). The molecule has 2 amide bonds. The van der Waals surface area contributed by atoms with Gasteiger partial charge in [0.15, 0.2) is 0 Å². The Kier molecular flexibility index (Phi) is 7.59. The molecule has 0 unspecified atom stereocenters. The minimum Gasteiger partial charge on any atom is -0.333 e. The molecule has 1 aromatic carbocycles. The normalized spacial score (nSPS) is 15.4. The fourth-order valence-electron chi connectivity index (χ4n) is 4.32. The molecule has 34 heavy (non-hydrogen) atoms. The topological polar surface area (TPSA) is 82.5 Å². The first-order chi connectivity index (χ1) is 16.5. The summed E-state index contributed by atoms with van der Waals surface area (Å²) in [4.78, 5) is 44.7. The molecule has 0 atom stereocenters. The number of hydrogen-bond acceptors (Lipinski definition) is 6. The van der Waals surface area contributed by atoms with Gasteiger partial charge in [-0.15, -0.1) is 0 Å². The second-order valence-electron chi connectivity index (χ2n) is 8.54. The van der Waals surface area contributed by atoms with Gasteiger partial charge in [-0.05, 0) is 36.6 Å². The second kappa shape index (κ2) is 11.0. The van der Waals surface area contributed by atoms with E-state index in [0.29, 0.717) is 37.4 Å². The third kappa shape index (κ3) is 5.63. The van der Waals surface area contributed by atoms with E-state index in [1.807, 2.05) is 53.3 Å². The average molecular weight is 459 g/mol. The number of pyridine rings is 1. The van der Waals surface area contributed by atoms with E-state index in [1.165, 1.54) is 6.33 Å². The summed E-state index contributed by atoms with van der Waals surface area (Å²) in [6.45, 7) is 7.21. The predicted octanol–water partition coefficient (Wildman–Crippen LogP) is 3.08. The molecule has 3 heterocycles. The Bertz CT molecular complexity index is 1140. The van der Waals surface area contributed by atoms with Gasteiger partial charge in [0.2, 0.25) is 5.91 Å². The lowest BCUT2D eigenvalue weighted by Gasteiger charge is -2.28. The minimum absolute atomic E-state index is 0.00399. The lowest BCUT2D eigenvalue weighted by molar-refractivity contribution is -0.116. The van der Waals surface area contributed by atoms with Crippen molar-refractivity contribution in [2.24, 2.45) is 0 Å². The molecule has 0 fully saturated rings. The number of para-hydroxylation sites is 1. The van der Waals surface area contributed by atoms with Gasteiger partial charge in [0.25, 0.3) is 5.91 Å². The molecule has 0 spiro atoms. The van der Waals surface area contributed by atoms with Crippen LogP contribution in [0.1, 0.15) is 40.5 Å². The summed E-state index contributed by atoms with van der Waals surface area (Å²) in [5.41, 5.74) is 4.07. The van der Waals surface area contributed by atoms with E-state index in [2.05, 4.69) is 25.9 Å². The van der Waals surface area contributed by atoms with Gasteiger partial charge in [-0.1, -0.05) is 24.3 Å². The third-order valence-corrected chi connectivity index (χ3v) is 6.12. The van der Waals surface area contributed by atoms with E-state index in [1.54, 1.807) is 19.3 Å². The number of anilines is 1. The summed E-state index contributed by atoms with van der Waals surface area (Å²) in [6.07, 6.45) is 7.50. The summed E-state index contributed by atoms with van der Waals surface area (Å²) in [5, 5.41) is 0. The van der Waals surface area contributed by atoms with Crippen molar-refractivity contribution in [2.75, 3.05) is 31.1 Å². The number of nitrogens with zero attached hydrogens (tertiary/aromatic N) is 6. The zero-order valence-electron chi connectivity index (χ0n) is 19.7. The van der Waals surface area contributed by atoms with Crippen molar-refractivity contribution in [3.8, 4) is 0 Å². The Morgan fingerprint density at radius 3 is 2.59 bits per heavy atom. The first kappa shape index (κ1) is 23.5. The van der Waals surface area contributed by atoms with Crippen LogP contribution in [0, 0.1) is 6.92 Å². The first-order valence-electron chi connectivity index (χ1n) is 11.6. The van der Waals surface area contributed by atoms with Gasteiger partial charge in [0, 0.05) is 70.5 Å². The van der Waals surface area contributed by atoms with E-state index in [9.17, 15) is 9.59 Å². The van der Waals surface area contributed by atoms with Crippen molar-refractivity contribution in [3.63, 3.8) is 0 Å². The van der Waals surface area contributed by atoms with Gasteiger partial charge in [0.05, 0.1) is 11.3 Å². The second-order valence-corrected chi connectivity index (χ2v) is 8.54. The highest BCUT2D eigenvalue weighted by Gasteiger charge is 2.24. The SMILES string of the molecule is CC(=O)N1CCCN(Cc2cccnc2)CCN(C(=O)c2cncnc2C)Cc2ccccc21. The van der Waals surface area contributed by atoms with E-state index >= 15 is 0 Å². The minimum atomic E-state index is -0.108. The molecule has 2 aromatic heterocycles. The fraction of sp³-hybridized carbons (Fsp3) is 0.346. The van der Waals surface area contributed by atoms with Crippen LogP contribution in [0.25, 0.3) is 0 Å². The Balaban J connectivity index is 1.67. The summed E-state index contributed by atoms with van der Waals surface area (Å²) in [7, 11) is 0. The molecule has 1 aliphatic heterocycles. The molecular weight excluding hydrogens is 428 g/mol. The molecule has 0 saturated carbocycles. The lowest BCUT2D eigenvalue weighted by atomic mass is 10.1. The van der Waals surface area contributed by atoms with Gasteiger partial charge < -0.3 is 9.80 Å². The van der Waals surface area contributed by atoms with Crippen LogP contribution in [0.3, 0.4) is 0 Å². The maximum atomic E-state index is 13.6. The Morgan fingerprint density at radius 2 is 1.82 bits per heavy atom. The van der Waals surface area contributed by atoms with Crippen molar-refractivity contribution < 1.29 is 9.59 Å². The Labute approximate surface area is 200 Å². The van der Waals surface area contributed by atoms with Crippen LogP contribution in [0.2, 0.25) is 0 Å². The molecule has 0 bridgehead atoms. The van der Waals surface area contributed by atoms with Crippen LogP contribution in [0.15, 0.2) is 61.3 Å². The van der Waals surface area contributed by atoms with Crippen molar-refractivity contribution >= 4 is 17.5 Å². The summed E-state index contributed by atoms with van der Waals surface area (Å²) < 4.78 is 0. The van der Waals surface area contributed by atoms with Gasteiger partial charge in [-0.3, -0.25) is 19.5 Å². The largest absolute Gasteiger partial charge is 0.333 e. The van der Waals surface area contributed by atoms with Crippen LogP contribution in [-0.4, -0.2) is 62.7 Å². The number of hydrogen-bond donors (Lipinski definition) is 0. The van der Waals surface area contributed by atoms with E-state index < -0.39 is 0 Å². The number of carbonyl (C=O) groups is 2. The summed E-state index contributed by atoms with van der Waals surface area (Å²) >= 11 is 0. The quantitative estimate of drug-likeness (QED) is 0.600. The third-order valence-electron chi connectivity index (χ3n) is 6.12. The smallest absolute Gasteiger partial charge is 0.257 e. The molecule has 0 saturated heterocycles. The van der Waals surface area contributed by atoms with Gasteiger partial charge in [0.1, 0.15) is 6.33 Å². The lowest BCUT2D eigenvalue weighted by Crippen LogP contribution is -2.39. The highest BCUT2D eigenvalue weighted by Crippen LogP contribution is 2.24. The van der Waals surface area contributed by atoms with Crippen molar-refractivity contribution in [1.29, 1.82) is 0 Å². The van der Waals surface area contributed by atoms with Crippen molar-refractivity contribution in [1.82, 2.24) is 24.8 Å². The van der Waals surface area contributed by atoms with Crippen LogP contribution in [0.5, 0.6) is 0 Å². The Morgan fingerprint density at radius 1 is 0.971 bits per heavy atom. The van der Waals surface area contributed by atoms with Crippen LogP contribution in [-0.2, 0) is 17.9 Å². The Hall–Kier alpha value is -3.65.